The fourth-order valence-corrected chi connectivity index (χ4v) is 2.33. The van der Waals surface area contributed by atoms with Crippen LogP contribution in [0.2, 0.25) is 5.02 Å². The van der Waals surface area contributed by atoms with Crippen molar-refractivity contribution >= 4 is 35.2 Å². The highest BCUT2D eigenvalue weighted by Gasteiger charge is 2.34. The molecule has 0 spiro atoms. The first-order valence-electron chi connectivity index (χ1n) is 6.44. The summed E-state index contributed by atoms with van der Waals surface area (Å²) in [6.07, 6.45) is 1.16. The summed E-state index contributed by atoms with van der Waals surface area (Å²) in [6.45, 7) is 0. The molecule has 1 aliphatic rings. The SMILES string of the molecule is O=C1NN(c2ccccc2)C(=O)/C1=C/c1c(F)cccc1Cl. The zero-order valence-electron chi connectivity index (χ0n) is 11.2. The molecule has 6 heteroatoms. The molecule has 0 aliphatic carbocycles. The fourth-order valence-electron chi connectivity index (χ4n) is 2.11. The highest BCUT2D eigenvalue weighted by molar-refractivity contribution is 6.34. The van der Waals surface area contributed by atoms with Crippen LogP contribution in [0.25, 0.3) is 6.08 Å². The Morgan fingerprint density at radius 3 is 2.45 bits per heavy atom. The molecule has 22 heavy (non-hydrogen) atoms. The fraction of sp³-hybridized carbons (Fsp3) is 0. The molecule has 2 amide bonds. The zero-order chi connectivity index (χ0) is 15.7. The third-order valence-electron chi connectivity index (χ3n) is 3.19. The average molecular weight is 317 g/mol. The predicted octanol–water partition coefficient (Wildman–Crippen LogP) is 2.94. The minimum atomic E-state index is -0.604. The molecule has 0 atom stereocenters. The summed E-state index contributed by atoms with van der Waals surface area (Å²) in [6, 6.07) is 12.8. The van der Waals surface area contributed by atoms with Crippen molar-refractivity contribution in [1.29, 1.82) is 0 Å². The standard InChI is InChI=1S/C16H10ClFN2O2/c17-13-7-4-8-14(18)11(13)9-12-15(21)19-20(16(12)22)10-5-2-1-3-6-10/h1-9H,(H,19,21)/b12-9+. The van der Waals surface area contributed by atoms with Crippen molar-refractivity contribution in [2.24, 2.45) is 0 Å². The molecule has 3 rings (SSSR count). The van der Waals surface area contributed by atoms with E-state index in [1.807, 2.05) is 0 Å². The number of hydrogen-bond acceptors (Lipinski definition) is 2. The normalized spacial score (nSPS) is 16.3. The van der Waals surface area contributed by atoms with E-state index in [9.17, 15) is 14.0 Å². The van der Waals surface area contributed by atoms with Gasteiger partial charge in [0.05, 0.1) is 10.7 Å². The van der Waals surface area contributed by atoms with Crippen LogP contribution in [-0.4, -0.2) is 11.8 Å². The maximum absolute atomic E-state index is 13.8. The topological polar surface area (TPSA) is 49.4 Å². The van der Waals surface area contributed by atoms with Crippen molar-refractivity contribution in [2.45, 2.75) is 0 Å². The van der Waals surface area contributed by atoms with Crippen molar-refractivity contribution in [3.63, 3.8) is 0 Å². The van der Waals surface area contributed by atoms with Gasteiger partial charge in [-0.05, 0) is 30.3 Å². The number of para-hydroxylation sites is 1. The van der Waals surface area contributed by atoms with Gasteiger partial charge in [-0.25, -0.2) is 9.40 Å². The number of nitrogens with zero attached hydrogens (tertiary/aromatic N) is 1. The quantitative estimate of drug-likeness (QED) is 0.684. The Hall–Kier alpha value is -2.66. The molecule has 0 radical (unpaired) electrons. The smallest absolute Gasteiger partial charge is 0.267 e. The molecule has 1 saturated heterocycles. The Morgan fingerprint density at radius 1 is 1.05 bits per heavy atom. The first kappa shape index (κ1) is 14.3. The van der Waals surface area contributed by atoms with Crippen molar-refractivity contribution in [2.75, 3.05) is 5.01 Å². The van der Waals surface area contributed by atoms with Gasteiger partial charge in [0.1, 0.15) is 11.4 Å². The van der Waals surface area contributed by atoms with Crippen molar-refractivity contribution in [1.82, 2.24) is 5.43 Å². The van der Waals surface area contributed by atoms with Gasteiger partial charge >= 0.3 is 0 Å². The Bertz CT molecular complexity index is 770. The van der Waals surface area contributed by atoms with Crippen LogP contribution in [0.15, 0.2) is 54.1 Å². The van der Waals surface area contributed by atoms with E-state index < -0.39 is 17.6 Å². The van der Waals surface area contributed by atoms with Crippen LogP contribution >= 0.6 is 11.6 Å². The third kappa shape index (κ3) is 2.46. The Morgan fingerprint density at radius 2 is 1.77 bits per heavy atom. The molecule has 0 aromatic heterocycles. The summed E-state index contributed by atoms with van der Waals surface area (Å²) in [7, 11) is 0. The Balaban J connectivity index is 2.01. The van der Waals surface area contributed by atoms with Crippen LogP contribution in [0, 0.1) is 5.82 Å². The van der Waals surface area contributed by atoms with E-state index in [1.165, 1.54) is 18.2 Å². The maximum Gasteiger partial charge on any atom is 0.282 e. The van der Waals surface area contributed by atoms with Gasteiger partial charge in [0.25, 0.3) is 11.8 Å². The molecule has 110 valence electrons. The molecule has 1 aliphatic heterocycles. The van der Waals surface area contributed by atoms with Crippen LogP contribution in [0.4, 0.5) is 10.1 Å². The summed E-state index contributed by atoms with van der Waals surface area (Å²) in [5, 5.41) is 1.24. The van der Waals surface area contributed by atoms with Gasteiger partial charge in [-0.1, -0.05) is 35.9 Å². The van der Waals surface area contributed by atoms with E-state index in [1.54, 1.807) is 30.3 Å². The van der Waals surface area contributed by atoms with Gasteiger partial charge in [-0.2, -0.15) is 0 Å². The van der Waals surface area contributed by atoms with Crippen LogP contribution < -0.4 is 10.4 Å². The monoisotopic (exact) mass is 316 g/mol. The largest absolute Gasteiger partial charge is 0.282 e. The second kappa shape index (κ2) is 5.61. The van der Waals surface area contributed by atoms with Gasteiger partial charge in [-0.15, -0.1) is 0 Å². The van der Waals surface area contributed by atoms with Crippen LogP contribution in [0.3, 0.4) is 0 Å². The van der Waals surface area contributed by atoms with Gasteiger partial charge in [-0.3, -0.25) is 15.0 Å². The van der Waals surface area contributed by atoms with Crippen molar-refractivity contribution < 1.29 is 14.0 Å². The first-order valence-corrected chi connectivity index (χ1v) is 6.82. The number of hydrazine groups is 1. The van der Waals surface area contributed by atoms with Gasteiger partial charge in [0, 0.05) is 5.56 Å². The molecule has 1 fully saturated rings. The van der Waals surface area contributed by atoms with Crippen LogP contribution in [-0.2, 0) is 9.59 Å². The number of halogens is 2. The number of carbonyl (C=O) groups is 2. The molecule has 0 saturated carbocycles. The number of carbonyl (C=O) groups excluding carboxylic acids is 2. The molecule has 2 aromatic carbocycles. The van der Waals surface area contributed by atoms with E-state index in [0.717, 1.165) is 11.1 Å². The maximum atomic E-state index is 13.8. The Labute approximate surface area is 130 Å². The number of rotatable bonds is 2. The highest BCUT2D eigenvalue weighted by atomic mass is 35.5. The molecular weight excluding hydrogens is 307 g/mol. The predicted molar refractivity (Wildman–Crippen MR) is 81.5 cm³/mol. The summed E-state index contributed by atoms with van der Waals surface area (Å²) >= 11 is 5.92. The van der Waals surface area contributed by atoms with E-state index in [4.69, 9.17) is 11.6 Å². The molecule has 1 heterocycles. The lowest BCUT2D eigenvalue weighted by Crippen LogP contribution is -2.35. The number of hydrogen-bond donors (Lipinski definition) is 1. The highest BCUT2D eigenvalue weighted by Crippen LogP contribution is 2.25. The number of anilines is 1. The summed E-state index contributed by atoms with van der Waals surface area (Å²) < 4.78 is 13.8. The minimum Gasteiger partial charge on any atom is -0.267 e. The van der Waals surface area contributed by atoms with Gasteiger partial charge < -0.3 is 0 Å². The molecule has 1 N–H and O–H groups in total. The second-order valence-corrected chi connectivity index (χ2v) is 5.02. The van der Waals surface area contributed by atoms with Crippen LogP contribution in [0.1, 0.15) is 5.56 Å². The Kier molecular flexibility index (Phi) is 3.65. The van der Waals surface area contributed by atoms with Gasteiger partial charge in [0.2, 0.25) is 0 Å². The number of amides is 2. The molecular formula is C16H10ClFN2O2. The summed E-state index contributed by atoms with van der Waals surface area (Å²) in [5.74, 6) is -1.76. The lowest BCUT2D eigenvalue weighted by molar-refractivity contribution is -0.117. The van der Waals surface area contributed by atoms with Crippen molar-refractivity contribution in [3.8, 4) is 0 Å². The van der Waals surface area contributed by atoms with E-state index in [-0.39, 0.29) is 16.2 Å². The number of nitrogens with one attached hydrogen (secondary N) is 1. The molecule has 0 unspecified atom stereocenters. The first-order chi connectivity index (χ1) is 10.6. The zero-order valence-corrected chi connectivity index (χ0v) is 12.0. The molecule has 0 bridgehead atoms. The summed E-state index contributed by atoms with van der Waals surface area (Å²) in [5.41, 5.74) is 2.80. The minimum absolute atomic E-state index is 0.0116. The van der Waals surface area contributed by atoms with Crippen molar-refractivity contribution in [3.05, 3.63) is 70.5 Å². The molecule has 2 aromatic rings. The van der Waals surface area contributed by atoms with E-state index in [2.05, 4.69) is 5.43 Å². The van der Waals surface area contributed by atoms with Gasteiger partial charge in [0.15, 0.2) is 0 Å². The van der Waals surface area contributed by atoms with E-state index >= 15 is 0 Å². The molecule has 4 nitrogen and oxygen atoms in total. The lowest BCUT2D eigenvalue weighted by atomic mass is 10.1. The second-order valence-electron chi connectivity index (χ2n) is 4.61. The van der Waals surface area contributed by atoms with E-state index in [0.29, 0.717) is 5.69 Å². The van der Waals surface area contributed by atoms with Crippen LogP contribution in [0.5, 0.6) is 0 Å². The summed E-state index contributed by atoms with van der Waals surface area (Å²) in [4.78, 5) is 24.3. The third-order valence-corrected chi connectivity index (χ3v) is 3.52. The number of benzene rings is 2. The average Bonchev–Trinajstić information content (AvgIpc) is 2.79. The lowest BCUT2D eigenvalue weighted by Gasteiger charge is -2.13.